The highest BCUT2D eigenvalue weighted by Gasteiger charge is 2.13. The molecule has 0 atom stereocenters. The van der Waals surface area contributed by atoms with Gasteiger partial charge in [-0.2, -0.15) is 5.10 Å². The molecule has 5 nitrogen and oxygen atoms in total. The van der Waals surface area contributed by atoms with Gasteiger partial charge in [-0.05, 0) is 20.8 Å². The fourth-order valence-electron chi connectivity index (χ4n) is 1.29. The third kappa shape index (κ3) is 4.19. The molecule has 0 radical (unpaired) electrons. The molecule has 0 saturated heterocycles. The molecule has 0 aliphatic rings. The summed E-state index contributed by atoms with van der Waals surface area (Å²) in [6, 6.07) is 0. The number of nitrogens with zero attached hydrogens (tertiary/aromatic N) is 3. The molecule has 1 aromatic rings. The molecule has 0 saturated carbocycles. The Bertz CT molecular complexity index is 376. The van der Waals surface area contributed by atoms with Crippen molar-refractivity contribution < 1.29 is 4.79 Å². The zero-order valence-electron chi connectivity index (χ0n) is 11.3. The van der Waals surface area contributed by atoms with Gasteiger partial charge in [-0.1, -0.05) is 0 Å². The van der Waals surface area contributed by atoms with Crippen LogP contribution in [0.3, 0.4) is 0 Å². The summed E-state index contributed by atoms with van der Waals surface area (Å²) in [5.41, 5.74) is 1.09. The van der Waals surface area contributed by atoms with E-state index in [1.54, 1.807) is 19.0 Å². The van der Waals surface area contributed by atoms with E-state index in [2.05, 4.69) is 31.2 Å². The lowest BCUT2D eigenvalue weighted by Gasteiger charge is -2.18. The molecule has 0 aliphatic carbocycles. The monoisotopic (exact) mass is 238 g/mol. The van der Waals surface area contributed by atoms with Crippen LogP contribution in [0.4, 0.5) is 0 Å². The molecule has 0 spiro atoms. The van der Waals surface area contributed by atoms with E-state index in [1.165, 1.54) is 0 Å². The number of carbonyl (C=O) groups is 1. The summed E-state index contributed by atoms with van der Waals surface area (Å²) >= 11 is 0. The largest absolute Gasteiger partial charge is 0.348 e. The smallest absolute Gasteiger partial charge is 0.236 e. The van der Waals surface area contributed by atoms with Gasteiger partial charge in [-0.3, -0.25) is 9.48 Å². The molecule has 0 bridgehead atoms. The van der Waals surface area contributed by atoms with Crippen molar-refractivity contribution in [3.63, 3.8) is 0 Å². The lowest BCUT2D eigenvalue weighted by Crippen LogP contribution is -2.32. The standard InChI is InChI=1S/C12H22N4O/c1-12(2,3)16-9-10(7-14-16)6-13-8-11(17)15(4)5/h7,9,13H,6,8H2,1-5H3. The van der Waals surface area contributed by atoms with Gasteiger partial charge in [0.25, 0.3) is 0 Å². The molecule has 0 fully saturated rings. The highest BCUT2D eigenvalue weighted by molar-refractivity contribution is 5.77. The molecule has 0 aliphatic heterocycles. The molecule has 1 heterocycles. The lowest BCUT2D eigenvalue weighted by molar-refractivity contribution is -0.127. The first kappa shape index (κ1) is 13.7. The highest BCUT2D eigenvalue weighted by atomic mass is 16.2. The van der Waals surface area contributed by atoms with Crippen molar-refractivity contribution in [2.75, 3.05) is 20.6 Å². The number of rotatable bonds is 4. The SMILES string of the molecule is CN(C)C(=O)CNCc1cnn(C(C)(C)C)c1. The van der Waals surface area contributed by atoms with Crippen molar-refractivity contribution in [1.29, 1.82) is 0 Å². The fraction of sp³-hybridized carbons (Fsp3) is 0.667. The molecule has 1 N–H and O–H groups in total. The van der Waals surface area contributed by atoms with Crippen molar-refractivity contribution in [3.8, 4) is 0 Å². The Morgan fingerprint density at radius 2 is 2.12 bits per heavy atom. The Hall–Kier alpha value is -1.36. The Balaban J connectivity index is 2.43. The lowest BCUT2D eigenvalue weighted by atomic mass is 10.1. The topological polar surface area (TPSA) is 50.2 Å². The maximum Gasteiger partial charge on any atom is 0.236 e. The zero-order valence-corrected chi connectivity index (χ0v) is 11.3. The molecule has 17 heavy (non-hydrogen) atoms. The number of likely N-dealkylation sites (N-methyl/N-ethyl adjacent to an activating group) is 1. The molecule has 1 amide bonds. The molecule has 0 aromatic carbocycles. The third-order valence-corrected chi connectivity index (χ3v) is 2.43. The number of amides is 1. The number of hydrogen-bond acceptors (Lipinski definition) is 3. The van der Waals surface area contributed by atoms with Crippen LogP contribution in [0.1, 0.15) is 26.3 Å². The minimum atomic E-state index is -0.00228. The normalized spacial score (nSPS) is 11.6. The van der Waals surface area contributed by atoms with E-state index in [0.717, 1.165) is 5.56 Å². The first-order valence-electron chi connectivity index (χ1n) is 5.75. The van der Waals surface area contributed by atoms with Gasteiger partial charge in [-0.15, -0.1) is 0 Å². The molecular formula is C12H22N4O. The molecular weight excluding hydrogens is 216 g/mol. The van der Waals surface area contributed by atoms with Crippen molar-refractivity contribution in [2.45, 2.75) is 32.9 Å². The van der Waals surface area contributed by atoms with Crippen LogP contribution in [0, 0.1) is 0 Å². The van der Waals surface area contributed by atoms with Crippen LogP contribution >= 0.6 is 0 Å². The molecule has 5 heteroatoms. The van der Waals surface area contributed by atoms with E-state index >= 15 is 0 Å². The molecule has 1 rings (SSSR count). The number of nitrogens with one attached hydrogen (secondary N) is 1. The van der Waals surface area contributed by atoms with Crippen LogP contribution in [-0.4, -0.2) is 41.2 Å². The van der Waals surface area contributed by atoms with Crippen LogP contribution in [0.5, 0.6) is 0 Å². The van der Waals surface area contributed by atoms with Crippen molar-refractivity contribution in [2.24, 2.45) is 0 Å². The molecule has 0 unspecified atom stereocenters. The van der Waals surface area contributed by atoms with Gasteiger partial charge in [0.2, 0.25) is 5.91 Å². The quantitative estimate of drug-likeness (QED) is 0.844. The second-order valence-corrected chi connectivity index (χ2v) is 5.36. The molecule has 1 aromatic heterocycles. The Morgan fingerprint density at radius 3 is 2.59 bits per heavy atom. The minimum absolute atomic E-state index is 0.00228. The van der Waals surface area contributed by atoms with Gasteiger partial charge in [-0.25, -0.2) is 0 Å². The fourth-order valence-corrected chi connectivity index (χ4v) is 1.29. The van der Waals surface area contributed by atoms with E-state index in [1.807, 2.05) is 17.1 Å². The second kappa shape index (κ2) is 5.31. The van der Waals surface area contributed by atoms with E-state index in [0.29, 0.717) is 13.1 Å². The number of carbonyl (C=O) groups excluding carboxylic acids is 1. The van der Waals surface area contributed by atoms with Crippen molar-refractivity contribution >= 4 is 5.91 Å². The van der Waals surface area contributed by atoms with Gasteiger partial charge in [0.05, 0.1) is 18.3 Å². The average Bonchev–Trinajstić information content (AvgIpc) is 2.65. The van der Waals surface area contributed by atoms with Crippen LogP contribution in [-0.2, 0) is 16.9 Å². The minimum Gasteiger partial charge on any atom is -0.348 e. The Kier molecular flexibility index (Phi) is 4.28. The van der Waals surface area contributed by atoms with Gasteiger partial charge < -0.3 is 10.2 Å². The third-order valence-electron chi connectivity index (χ3n) is 2.43. The van der Waals surface area contributed by atoms with E-state index in [9.17, 15) is 4.79 Å². The van der Waals surface area contributed by atoms with Crippen LogP contribution in [0.25, 0.3) is 0 Å². The predicted molar refractivity (Wildman–Crippen MR) is 67.6 cm³/mol. The highest BCUT2D eigenvalue weighted by Crippen LogP contribution is 2.12. The van der Waals surface area contributed by atoms with E-state index in [-0.39, 0.29) is 11.4 Å². The average molecular weight is 238 g/mol. The van der Waals surface area contributed by atoms with Crippen molar-refractivity contribution in [1.82, 2.24) is 20.0 Å². The zero-order chi connectivity index (χ0) is 13.1. The molecule has 96 valence electrons. The van der Waals surface area contributed by atoms with Gasteiger partial charge in [0, 0.05) is 32.4 Å². The number of aromatic nitrogens is 2. The second-order valence-electron chi connectivity index (χ2n) is 5.36. The summed E-state index contributed by atoms with van der Waals surface area (Å²) in [6.07, 6.45) is 3.84. The first-order valence-corrected chi connectivity index (χ1v) is 5.75. The summed E-state index contributed by atoms with van der Waals surface area (Å²) in [7, 11) is 3.50. The first-order chi connectivity index (χ1) is 7.80. The predicted octanol–water partition coefficient (Wildman–Crippen LogP) is 0.816. The summed E-state index contributed by atoms with van der Waals surface area (Å²) < 4.78 is 1.93. The van der Waals surface area contributed by atoms with Crippen LogP contribution in [0.2, 0.25) is 0 Å². The Morgan fingerprint density at radius 1 is 1.47 bits per heavy atom. The summed E-state index contributed by atoms with van der Waals surface area (Å²) in [4.78, 5) is 12.9. The van der Waals surface area contributed by atoms with Gasteiger partial charge in [0.1, 0.15) is 0 Å². The van der Waals surface area contributed by atoms with Crippen LogP contribution in [0.15, 0.2) is 12.4 Å². The summed E-state index contributed by atoms with van der Waals surface area (Å²) in [5.74, 6) is 0.0770. The number of hydrogen-bond donors (Lipinski definition) is 1. The maximum atomic E-state index is 11.3. The van der Waals surface area contributed by atoms with Gasteiger partial charge in [0.15, 0.2) is 0 Å². The summed E-state index contributed by atoms with van der Waals surface area (Å²) in [6.45, 7) is 7.33. The van der Waals surface area contributed by atoms with Crippen molar-refractivity contribution in [3.05, 3.63) is 18.0 Å². The van der Waals surface area contributed by atoms with Crippen LogP contribution < -0.4 is 5.32 Å². The van der Waals surface area contributed by atoms with E-state index < -0.39 is 0 Å². The van der Waals surface area contributed by atoms with Gasteiger partial charge >= 0.3 is 0 Å². The van der Waals surface area contributed by atoms with E-state index in [4.69, 9.17) is 0 Å². The Labute approximate surface area is 103 Å². The maximum absolute atomic E-state index is 11.3. The summed E-state index contributed by atoms with van der Waals surface area (Å²) in [5, 5.41) is 7.40.